The van der Waals surface area contributed by atoms with E-state index >= 15 is 0 Å². The molecule has 1 spiro atoms. The van der Waals surface area contributed by atoms with Crippen molar-refractivity contribution in [3.8, 4) is 0 Å². The molecule has 29 heavy (non-hydrogen) atoms. The summed E-state index contributed by atoms with van der Waals surface area (Å²) in [5.41, 5.74) is 0.966. The highest BCUT2D eigenvalue weighted by Crippen LogP contribution is 2.41. The molecule has 1 fully saturated rings. The van der Waals surface area contributed by atoms with Gasteiger partial charge in [0.25, 0.3) is 0 Å². The van der Waals surface area contributed by atoms with Gasteiger partial charge in [-0.15, -0.1) is 22.7 Å². The first-order chi connectivity index (χ1) is 13.9. The Labute approximate surface area is 176 Å². The molecule has 7 nitrogen and oxygen atoms in total. The molecule has 1 saturated heterocycles. The predicted molar refractivity (Wildman–Crippen MR) is 114 cm³/mol. The minimum Gasteiger partial charge on any atom is -0.297 e. The van der Waals surface area contributed by atoms with Crippen LogP contribution < -0.4 is 11.1 Å². The van der Waals surface area contributed by atoms with Crippen LogP contribution in [0.1, 0.15) is 39.8 Å². The van der Waals surface area contributed by atoms with Crippen LogP contribution in [0.5, 0.6) is 0 Å². The number of thiophene rings is 1. The predicted octanol–water partition coefficient (Wildman–Crippen LogP) is 2.14. The highest BCUT2D eigenvalue weighted by molar-refractivity contribution is 7.10. The Morgan fingerprint density at radius 2 is 1.93 bits per heavy atom. The first-order valence-corrected chi connectivity index (χ1v) is 11.6. The van der Waals surface area contributed by atoms with Gasteiger partial charge in [-0.1, -0.05) is 0 Å². The van der Waals surface area contributed by atoms with Crippen molar-refractivity contribution in [2.75, 3.05) is 13.1 Å². The van der Waals surface area contributed by atoms with Crippen LogP contribution in [0.3, 0.4) is 0 Å². The summed E-state index contributed by atoms with van der Waals surface area (Å²) >= 11 is 3.34. The lowest BCUT2D eigenvalue weighted by Crippen LogP contribution is -2.45. The molecule has 0 radical (unpaired) electrons. The Morgan fingerprint density at radius 3 is 2.66 bits per heavy atom. The van der Waals surface area contributed by atoms with Crippen molar-refractivity contribution < 1.29 is 0 Å². The van der Waals surface area contributed by atoms with Crippen molar-refractivity contribution in [2.45, 2.75) is 51.7 Å². The molecule has 3 aromatic heterocycles. The van der Waals surface area contributed by atoms with E-state index in [1.165, 1.54) is 26.5 Å². The summed E-state index contributed by atoms with van der Waals surface area (Å²) < 4.78 is 2.94. The van der Waals surface area contributed by atoms with Gasteiger partial charge in [0.1, 0.15) is 5.82 Å². The highest BCUT2D eigenvalue weighted by Gasteiger charge is 2.47. The van der Waals surface area contributed by atoms with Gasteiger partial charge in [0, 0.05) is 35.3 Å². The molecule has 0 aliphatic carbocycles. The zero-order chi connectivity index (χ0) is 20.2. The number of thiazole rings is 1. The molecule has 0 saturated carbocycles. The SMILES string of the molecule is Cc1nc(Cn2nc3n(c(=O)c2=O)CC[C@]32CCN(Cc3sccc3C)C2)cs1. The summed E-state index contributed by atoms with van der Waals surface area (Å²) in [6.07, 6.45) is 1.84. The van der Waals surface area contributed by atoms with Crippen LogP contribution >= 0.6 is 22.7 Å². The fourth-order valence-corrected chi connectivity index (χ4v) is 6.11. The van der Waals surface area contributed by atoms with Gasteiger partial charge in [-0.2, -0.15) is 5.10 Å². The average Bonchev–Trinajstić information content (AvgIpc) is 3.46. The second-order valence-electron chi connectivity index (χ2n) is 8.12. The van der Waals surface area contributed by atoms with Gasteiger partial charge in [-0.3, -0.25) is 19.1 Å². The van der Waals surface area contributed by atoms with Gasteiger partial charge in [0.05, 0.1) is 17.2 Å². The van der Waals surface area contributed by atoms with E-state index in [-0.39, 0.29) is 12.0 Å². The van der Waals surface area contributed by atoms with Crippen molar-refractivity contribution in [1.29, 1.82) is 0 Å². The molecule has 9 heteroatoms. The Balaban J connectivity index is 1.46. The van der Waals surface area contributed by atoms with Crippen LogP contribution in [0, 0.1) is 13.8 Å². The van der Waals surface area contributed by atoms with Gasteiger partial charge >= 0.3 is 11.1 Å². The van der Waals surface area contributed by atoms with Crippen LogP contribution in [-0.2, 0) is 25.0 Å². The summed E-state index contributed by atoms with van der Waals surface area (Å²) in [5, 5.41) is 9.71. The van der Waals surface area contributed by atoms with Gasteiger partial charge in [-0.25, -0.2) is 9.67 Å². The van der Waals surface area contributed by atoms with E-state index in [1.54, 1.807) is 15.9 Å². The molecule has 0 unspecified atom stereocenters. The van der Waals surface area contributed by atoms with E-state index in [0.29, 0.717) is 6.54 Å². The lowest BCUT2D eigenvalue weighted by atomic mass is 9.85. The van der Waals surface area contributed by atoms with E-state index in [0.717, 1.165) is 49.0 Å². The number of nitrogens with zero attached hydrogens (tertiary/aromatic N) is 5. The van der Waals surface area contributed by atoms with Crippen LogP contribution in [0.4, 0.5) is 0 Å². The maximum absolute atomic E-state index is 12.8. The Hall–Kier alpha value is -2.10. The summed E-state index contributed by atoms with van der Waals surface area (Å²) in [4.78, 5) is 33.6. The van der Waals surface area contributed by atoms with Crippen LogP contribution in [0.15, 0.2) is 26.4 Å². The third-order valence-electron chi connectivity index (χ3n) is 6.17. The molecule has 0 amide bonds. The molecule has 5 rings (SSSR count). The van der Waals surface area contributed by atoms with E-state index in [1.807, 2.05) is 12.3 Å². The van der Waals surface area contributed by atoms with Crippen LogP contribution in [0.25, 0.3) is 0 Å². The first kappa shape index (κ1) is 18.9. The number of aromatic nitrogens is 4. The molecular weight excluding hydrogens is 406 g/mol. The summed E-state index contributed by atoms with van der Waals surface area (Å²) in [6, 6.07) is 2.16. The summed E-state index contributed by atoms with van der Waals surface area (Å²) in [5.74, 6) is 0.777. The average molecular weight is 430 g/mol. The van der Waals surface area contributed by atoms with Gasteiger partial charge in [0.15, 0.2) is 0 Å². The zero-order valence-corrected chi connectivity index (χ0v) is 18.2. The molecule has 2 aliphatic heterocycles. The smallest absolute Gasteiger partial charge is 0.297 e. The number of fused-ring (bicyclic) bond motifs is 2. The summed E-state index contributed by atoms with van der Waals surface area (Å²) in [6.45, 7) is 7.72. The molecule has 1 atom stereocenters. The van der Waals surface area contributed by atoms with E-state index in [4.69, 9.17) is 5.10 Å². The topological polar surface area (TPSA) is 73.0 Å². The number of rotatable bonds is 4. The maximum atomic E-state index is 12.8. The number of hydrogen-bond acceptors (Lipinski definition) is 7. The molecule has 3 aromatic rings. The second kappa shape index (κ2) is 7.00. The molecular formula is C20H23N5O2S2. The fourth-order valence-electron chi connectivity index (χ4n) is 4.56. The standard InChI is InChI=1S/C20H23N5O2S2/c1-13-3-8-28-16(13)10-23-6-4-20(12-23)5-7-24-17(26)18(27)25(22-19(20)24)9-15-11-29-14(2)21-15/h3,8,11H,4-7,9-10,12H2,1-2H3/t20-/m0/s1. The molecule has 152 valence electrons. The minimum absolute atomic E-state index is 0.141. The molecule has 0 bridgehead atoms. The minimum atomic E-state index is -0.555. The normalized spacial score (nSPS) is 21.3. The molecule has 5 heterocycles. The number of likely N-dealkylation sites (tertiary alicyclic amines) is 1. The molecule has 0 aromatic carbocycles. The van der Waals surface area contributed by atoms with Crippen molar-refractivity contribution in [1.82, 2.24) is 24.2 Å². The Kier molecular flexibility index (Phi) is 4.56. The lowest BCUT2D eigenvalue weighted by Gasteiger charge is -2.23. The summed E-state index contributed by atoms with van der Waals surface area (Å²) in [7, 11) is 0. The molecule has 0 N–H and O–H groups in total. The van der Waals surface area contributed by atoms with Crippen LogP contribution in [0.2, 0.25) is 0 Å². The Morgan fingerprint density at radius 1 is 1.10 bits per heavy atom. The first-order valence-electron chi connectivity index (χ1n) is 9.84. The van der Waals surface area contributed by atoms with E-state index in [2.05, 4.69) is 28.3 Å². The van der Waals surface area contributed by atoms with Crippen molar-refractivity contribution in [3.63, 3.8) is 0 Å². The monoisotopic (exact) mass is 429 g/mol. The van der Waals surface area contributed by atoms with Crippen molar-refractivity contribution >= 4 is 22.7 Å². The fraction of sp³-hybridized carbons (Fsp3) is 0.500. The Bertz CT molecular complexity index is 1190. The number of aryl methyl sites for hydroxylation is 2. The third-order valence-corrected chi connectivity index (χ3v) is 8.00. The third kappa shape index (κ3) is 3.21. The van der Waals surface area contributed by atoms with Crippen molar-refractivity contribution in [2.24, 2.45) is 0 Å². The molecule has 2 aliphatic rings. The largest absolute Gasteiger partial charge is 0.332 e. The van der Waals surface area contributed by atoms with Gasteiger partial charge in [-0.05, 0) is 50.2 Å². The van der Waals surface area contributed by atoms with Crippen molar-refractivity contribution in [3.05, 3.63) is 64.5 Å². The van der Waals surface area contributed by atoms with Gasteiger partial charge < -0.3 is 0 Å². The quantitative estimate of drug-likeness (QED) is 0.594. The zero-order valence-electron chi connectivity index (χ0n) is 16.6. The highest BCUT2D eigenvalue weighted by atomic mass is 32.1. The lowest BCUT2D eigenvalue weighted by molar-refractivity contribution is 0.299. The van der Waals surface area contributed by atoms with E-state index < -0.39 is 11.1 Å². The number of hydrogen-bond donors (Lipinski definition) is 0. The second-order valence-corrected chi connectivity index (χ2v) is 10.2. The maximum Gasteiger partial charge on any atom is 0.332 e. The van der Waals surface area contributed by atoms with E-state index in [9.17, 15) is 9.59 Å². The van der Waals surface area contributed by atoms with Gasteiger partial charge in [0.2, 0.25) is 0 Å². The van der Waals surface area contributed by atoms with Crippen LogP contribution in [-0.4, -0.2) is 37.3 Å².